The molecule has 0 bridgehead atoms. The van der Waals surface area contributed by atoms with E-state index in [9.17, 15) is 18.0 Å². The summed E-state index contributed by atoms with van der Waals surface area (Å²) in [6, 6.07) is 19.5. The summed E-state index contributed by atoms with van der Waals surface area (Å²) in [4.78, 5) is 29.3. The average Bonchev–Trinajstić information content (AvgIpc) is 3.51. The van der Waals surface area contributed by atoms with E-state index in [2.05, 4.69) is 60.7 Å². The van der Waals surface area contributed by atoms with Crippen LogP contribution in [0.2, 0.25) is 0 Å². The largest absolute Gasteiger partial charge is 0.573 e. The molecule has 1 aromatic heterocycles. The van der Waals surface area contributed by atoms with Gasteiger partial charge in [0.25, 0.3) is 0 Å². The minimum Gasteiger partial charge on any atom is -0.406 e. The highest BCUT2D eigenvalue weighted by atomic mass is 32.2. The Morgan fingerprint density at radius 3 is 2.44 bits per heavy atom. The predicted molar refractivity (Wildman–Crippen MR) is 189 cm³/mol. The Labute approximate surface area is 286 Å². The van der Waals surface area contributed by atoms with Crippen molar-refractivity contribution in [3.05, 3.63) is 89.7 Å². The molecule has 4 aromatic rings. The number of hydrogen-bond donors (Lipinski definition) is 0. The van der Waals surface area contributed by atoms with Crippen LogP contribution >= 0.6 is 23.5 Å². The van der Waals surface area contributed by atoms with Gasteiger partial charge in [-0.05, 0) is 66.3 Å². The molecule has 1 amide bonds. The fraction of sp³-hybridized carbons (Fsp3) is 0.343. The van der Waals surface area contributed by atoms with Crippen LogP contribution in [0.5, 0.6) is 5.75 Å². The van der Waals surface area contributed by atoms with Gasteiger partial charge < -0.3 is 4.74 Å². The van der Waals surface area contributed by atoms with Crippen LogP contribution in [0.4, 0.5) is 18.9 Å². The van der Waals surface area contributed by atoms with Crippen molar-refractivity contribution in [2.75, 3.05) is 17.2 Å². The number of rotatable bonds is 9. The molecule has 0 unspecified atom stereocenters. The lowest BCUT2D eigenvalue weighted by Gasteiger charge is -2.30. The molecule has 5 rings (SSSR count). The molecule has 0 saturated carbocycles. The molecule has 0 radical (unpaired) electrons. The molecule has 0 aliphatic carbocycles. The third kappa shape index (κ3) is 9.28. The highest BCUT2D eigenvalue weighted by Gasteiger charge is 2.31. The molecular weight excluding hydrogens is 658 g/mol. The number of carbonyl (C=O) groups is 1. The van der Waals surface area contributed by atoms with Crippen molar-refractivity contribution in [2.45, 2.75) is 65.0 Å². The highest BCUT2D eigenvalue weighted by Crippen LogP contribution is 2.34. The second-order valence-corrected chi connectivity index (χ2v) is 14.4. The monoisotopic (exact) mass is 694 g/mol. The number of amidine groups is 2. The number of benzene rings is 3. The third-order valence-corrected chi connectivity index (χ3v) is 9.10. The Kier molecular flexibility index (Phi) is 11.3. The smallest absolute Gasteiger partial charge is 0.406 e. The minimum absolute atomic E-state index is 0.0433. The number of anilines is 1. The van der Waals surface area contributed by atoms with Gasteiger partial charge in [-0.3, -0.25) is 14.7 Å². The van der Waals surface area contributed by atoms with Crippen LogP contribution in [-0.4, -0.2) is 54.9 Å². The van der Waals surface area contributed by atoms with E-state index < -0.39 is 6.36 Å². The van der Waals surface area contributed by atoms with Crippen molar-refractivity contribution in [3.63, 3.8) is 0 Å². The maximum absolute atomic E-state index is 13.3. The Balaban J connectivity index is 1.28. The number of alkyl halides is 3. The molecule has 1 fully saturated rings. The minimum atomic E-state index is -4.75. The van der Waals surface area contributed by atoms with Gasteiger partial charge in [0.2, 0.25) is 5.91 Å². The van der Waals surface area contributed by atoms with Crippen LogP contribution in [0.15, 0.2) is 83.0 Å². The maximum Gasteiger partial charge on any atom is 0.573 e. The molecule has 1 saturated heterocycles. The molecule has 13 heteroatoms. The van der Waals surface area contributed by atoms with Crippen LogP contribution in [0.1, 0.15) is 56.7 Å². The molecule has 252 valence electrons. The second kappa shape index (κ2) is 15.4. The van der Waals surface area contributed by atoms with Gasteiger partial charge in [-0.25, -0.2) is 9.67 Å². The summed E-state index contributed by atoms with van der Waals surface area (Å²) in [5, 5.41) is 6.05. The van der Waals surface area contributed by atoms with Crippen LogP contribution in [0.25, 0.3) is 17.1 Å². The first-order chi connectivity index (χ1) is 22.9. The van der Waals surface area contributed by atoms with Crippen molar-refractivity contribution in [1.82, 2.24) is 14.8 Å². The third-order valence-electron chi connectivity index (χ3n) is 7.26. The van der Waals surface area contributed by atoms with Gasteiger partial charge in [0.05, 0.1) is 11.4 Å². The summed E-state index contributed by atoms with van der Waals surface area (Å²) in [7, 11) is 0. The molecule has 48 heavy (non-hydrogen) atoms. The number of amides is 1. The van der Waals surface area contributed by atoms with Crippen molar-refractivity contribution >= 4 is 45.5 Å². The van der Waals surface area contributed by atoms with Crippen LogP contribution in [-0.2, 0) is 11.2 Å². The van der Waals surface area contributed by atoms with Gasteiger partial charge in [-0.15, -0.1) is 18.3 Å². The average molecular weight is 695 g/mol. The van der Waals surface area contributed by atoms with Gasteiger partial charge in [0, 0.05) is 29.5 Å². The predicted octanol–water partition coefficient (Wildman–Crippen LogP) is 8.83. The number of aromatic nitrogens is 3. The molecule has 0 spiro atoms. The van der Waals surface area contributed by atoms with E-state index in [-0.39, 0.29) is 22.8 Å². The van der Waals surface area contributed by atoms with Crippen LogP contribution < -0.4 is 9.64 Å². The molecule has 0 N–H and O–H groups in total. The zero-order valence-electron chi connectivity index (χ0n) is 27.4. The summed E-state index contributed by atoms with van der Waals surface area (Å²) in [5.41, 5.74) is 5.52. The molecule has 1 aliphatic rings. The molecular formula is C35H37F3N6O2S2. The van der Waals surface area contributed by atoms with Crippen molar-refractivity contribution < 1.29 is 22.7 Å². The molecule has 8 nitrogen and oxygen atoms in total. The fourth-order valence-electron chi connectivity index (χ4n) is 4.98. The summed E-state index contributed by atoms with van der Waals surface area (Å²) < 4.78 is 42.8. The van der Waals surface area contributed by atoms with E-state index in [1.807, 2.05) is 31.2 Å². The van der Waals surface area contributed by atoms with E-state index in [1.165, 1.54) is 35.3 Å². The zero-order valence-corrected chi connectivity index (χ0v) is 29.0. The van der Waals surface area contributed by atoms with E-state index >= 15 is 0 Å². The number of hydrogen-bond acceptors (Lipinski definition) is 7. The van der Waals surface area contributed by atoms with Crippen molar-refractivity contribution in [1.29, 1.82) is 0 Å². The summed E-state index contributed by atoms with van der Waals surface area (Å²) in [5.74, 6) is 1.15. The number of aliphatic imine (C=N–C) groups is 2. The number of aryl methyl sites for hydroxylation is 1. The van der Waals surface area contributed by atoms with Crippen molar-refractivity contribution in [2.24, 2.45) is 9.98 Å². The number of halogens is 3. The lowest BCUT2D eigenvalue weighted by atomic mass is 9.98. The standard InChI is InChI=1S/C35H37F3N6O2S2/c1-22(2)29-15-6-24(5)20-30(29)44-31(45)17-19-47-34(44)41-33(48-23(3)4)39-18-16-25-7-9-26(10-8-25)32-40-21-43(42-32)27-11-13-28(14-12-27)46-35(36,37)38/h6-15,20-23H,16-19H2,1-5H3. The SMILES string of the molecule is Cc1ccc(C(C)C)c(N2C(=O)CCSC2=NC(=NCCc2ccc(-c3ncn(-c4ccc(OC(F)(F)F)cc4)n3)cc2)SC(C)C)c1. The Morgan fingerprint density at radius 2 is 1.77 bits per heavy atom. The zero-order chi connectivity index (χ0) is 34.4. The first-order valence-electron chi connectivity index (χ1n) is 15.6. The van der Waals surface area contributed by atoms with E-state index in [0.717, 1.165) is 27.9 Å². The number of nitrogens with zero attached hydrogens (tertiary/aromatic N) is 6. The van der Waals surface area contributed by atoms with E-state index in [1.54, 1.807) is 28.4 Å². The Morgan fingerprint density at radius 1 is 1.04 bits per heavy atom. The number of carbonyl (C=O) groups excluding carboxylic acids is 1. The lowest BCUT2D eigenvalue weighted by Crippen LogP contribution is -2.40. The highest BCUT2D eigenvalue weighted by molar-refractivity contribution is 8.15. The Hall–Kier alpha value is -4.10. The quantitative estimate of drug-likeness (QED) is 0.129. The van der Waals surface area contributed by atoms with Crippen LogP contribution in [0.3, 0.4) is 0 Å². The van der Waals surface area contributed by atoms with Gasteiger partial charge in [-0.1, -0.05) is 87.6 Å². The first kappa shape index (κ1) is 35.2. The molecule has 2 heterocycles. The summed E-state index contributed by atoms with van der Waals surface area (Å²) in [6.45, 7) is 11.0. The van der Waals surface area contributed by atoms with Gasteiger partial charge in [0.1, 0.15) is 12.1 Å². The lowest BCUT2D eigenvalue weighted by molar-refractivity contribution is -0.274. The fourth-order valence-corrected chi connectivity index (χ4v) is 6.70. The summed E-state index contributed by atoms with van der Waals surface area (Å²) in [6.07, 6.45) is -2.10. The van der Waals surface area contributed by atoms with Gasteiger partial charge in [-0.2, -0.15) is 4.99 Å². The topological polar surface area (TPSA) is 85.0 Å². The molecule has 0 atom stereocenters. The normalized spacial score (nSPS) is 15.2. The van der Waals surface area contributed by atoms with E-state index in [4.69, 9.17) is 9.98 Å². The molecule has 3 aromatic carbocycles. The number of thioether (sulfide) groups is 2. The first-order valence-corrected chi connectivity index (χ1v) is 17.5. The summed E-state index contributed by atoms with van der Waals surface area (Å²) >= 11 is 3.16. The van der Waals surface area contributed by atoms with Crippen molar-refractivity contribution in [3.8, 4) is 22.8 Å². The Bertz CT molecular complexity index is 1790. The number of ether oxygens (including phenoxy) is 1. The second-order valence-electron chi connectivity index (χ2n) is 11.8. The molecule has 1 aliphatic heterocycles. The van der Waals surface area contributed by atoms with Crippen LogP contribution in [0, 0.1) is 6.92 Å². The van der Waals surface area contributed by atoms with Gasteiger partial charge in [0.15, 0.2) is 16.2 Å². The maximum atomic E-state index is 13.3. The van der Waals surface area contributed by atoms with Gasteiger partial charge >= 0.3 is 6.36 Å². The van der Waals surface area contributed by atoms with E-state index in [0.29, 0.717) is 47.0 Å².